The fourth-order valence-electron chi connectivity index (χ4n) is 2.41. The van der Waals surface area contributed by atoms with Crippen molar-refractivity contribution >= 4 is 0 Å². The number of fused-ring (bicyclic) bond motifs is 1. The highest BCUT2D eigenvalue weighted by Gasteiger charge is 2.18. The van der Waals surface area contributed by atoms with Crippen LogP contribution in [-0.4, -0.2) is 12.8 Å². The monoisotopic (exact) mass is 285 g/mol. The van der Waals surface area contributed by atoms with Gasteiger partial charge in [0.2, 0.25) is 6.79 Å². The summed E-state index contributed by atoms with van der Waals surface area (Å²) in [7, 11) is 0. The molecule has 2 aromatic carbocycles. The van der Waals surface area contributed by atoms with E-state index >= 15 is 0 Å². The van der Waals surface area contributed by atoms with E-state index in [0.29, 0.717) is 6.61 Å². The molecule has 4 nitrogen and oxygen atoms in total. The molecule has 21 heavy (non-hydrogen) atoms. The molecule has 1 aliphatic heterocycles. The zero-order valence-electron chi connectivity index (χ0n) is 12.0. The maximum atomic E-state index is 6.05. The molecule has 0 saturated carbocycles. The van der Waals surface area contributed by atoms with Crippen molar-refractivity contribution in [2.24, 2.45) is 5.73 Å². The second-order valence-electron chi connectivity index (χ2n) is 5.19. The second kappa shape index (κ2) is 6.16. The van der Waals surface area contributed by atoms with Crippen molar-refractivity contribution in [1.82, 2.24) is 0 Å². The first-order valence-electron chi connectivity index (χ1n) is 7.04. The Morgan fingerprint density at radius 1 is 1.10 bits per heavy atom. The lowest BCUT2D eigenvalue weighted by Gasteiger charge is -2.22. The summed E-state index contributed by atoms with van der Waals surface area (Å²) < 4.78 is 16.7. The highest BCUT2D eigenvalue weighted by Crippen LogP contribution is 2.33. The van der Waals surface area contributed by atoms with Gasteiger partial charge in [-0.25, -0.2) is 0 Å². The lowest BCUT2D eigenvalue weighted by atomic mass is 10.0. The molecule has 1 aliphatic rings. The van der Waals surface area contributed by atoms with Crippen molar-refractivity contribution < 1.29 is 14.2 Å². The van der Waals surface area contributed by atoms with E-state index in [0.717, 1.165) is 22.6 Å². The molecule has 0 spiro atoms. The van der Waals surface area contributed by atoms with Crippen molar-refractivity contribution in [3.05, 3.63) is 59.7 Å². The quantitative estimate of drug-likeness (QED) is 0.917. The fourth-order valence-corrected chi connectivity index (χ4v) is 2.41. The second-order valence-corrected chi connectivity index (χ2v) is 5.19. The van der Waals surface area contributed by atoms with Gasteiger partial charge in [0, 0.05) is 6.04 Å². The van der Waals surface area contributed by atoms with Gasteiger partial charge in [0.25, 0.3) is 0 Å². The van der Waals surface area contributed by atoms with Gasteiger partial charge in [-0.05, 0) is 30.2 Å². The van der Waals surface area contributed by atoms with Crippen molar-refractivity contribution in [3.63, 3.8) is 0 Å². The average Bonchev–Trinajstić information content (AvgIpc) is 2.96. The van der Waals surface area contributed by atoms with E-state index < -0.39 is 0 Å². The molecule has 1 heterocycles. The van der Waals surface area contributed by atoms with Gasteiger partial charge >= 0.3 is 0 Å². The Kier molecular flexibility index (Phi) is 4.08. The first-order valence-corrected chi connectivity index (χ1v) is 7.04. The van der Waals surface area contributed by atoms with Gasteiger partial charge in [-0.2, -0.15) is 0 Å². The zero-order chi connectivity index (χ0) is 14.7. The Labute approximate surface area is 124 Å². The first kappa shape index (κ1) is 13.9. The third-order valence-electron chi connectivity index (χ3n) is 3.47. The summed E-state index contributed by atoms with van der Waals surface area (Å²) >= 11 is 0. The number of rotatable bonds is 5. The number of hydrogen-bond donors (Lipinski definition) is 1. The third kappa shape index (κ3) is 3.17. The first-order chi connectivity index (χ1) is 10.2. The fraction of sp³-hybridized carbons (Fsp3) is 0.294. The van der Waals surface area contributed by atoms with Gasteiger partial charge < -0.3 is 19.9 Å². The van der Waals surface area contributed by atoms with Gasteiger partial charge in [0.15, 0.2) is 11.5 Å². The Bertz CT molecular complexity index is 598. The molecule has 0 fully saturated rings. The summed E-state index contributed by atoms with van der Waals surface area (Å²) in [6.45, 7) is 2.72. The lowest BCUT2D eigenvalue weighted by Crippen LogP contribution is -2.26. The van der Waals surface area contributed by atoms with E-state index in [9.17, 15) is 0 Å². The number of benzene rings is 2. The Balaban J connectivity index is 1.70. The minimum Gasteiger partial charge on any atom is -0.454 e. The number of ether oxygens (including phenoxy) is 3. The van der Waals surface area contributed by atoms with Crippen LogP contribution >= 0.6 is 0 Å². The van der Waals surface area contributed by atoms with Crippen LogP contribution in [0.5, 0.6) is 11.5 Å². The SMILES string of the molecule is CC(N)C(OCc1ccc2c(c1)OCO2)c1ccccc1. The molecule has 0 amide bonds. The van der Waals surface area contributed by atoms with Crippen LogP contribution in [0.25, 0.3) is 0 Å². The highest BCUT2D eigenvalue weighted by atomic mass is 16.7. The van der Waals surface area contributed by atoms with E-state index in [2.05, 4.69) is 0 Å². The third-order valence-corrected chi connectivity index (χ3v) is 3.47. The summed E-state index contributed by atoms with van der Waals surface area (Å²) in [6.07, 6.45) is -0.128. The molecule has 2 atom stereocenters. The van der Waals surface area contributed by atoms with Crippen LogP contribution in [0.2, 0.25) is 0 Å². The summed E-state index contributed by atoms with van der Waals surface area (Å²) in [6, 6.07) is 15.8. The standard InChI is InChI=1S/C17H19NO3/c1-12(18)17(14-5-3-2-4-6-14)19-10-13-7-8-15-16(9-13)21-11-20-15/h2-9,12,17H,10-11,18H2,1H3. The maximum absolute atomic E-state index is 6.05. The van der Waals surface area contributed by atoms with Crippen molar-refractivity contribution in [2.75, 3.05) is 6.79 Å². The molecule has 0 bridgehead atoms. The van der Waals surface area contributed by atoms with E-state index in [1.807, 2.05) is 55.5 Å². The summed E-state index contributed by atoms with van der Waals surface area (Å²) in [5.74, 6) is 1.55. The maximum Gasteiger partial charge on any atom is 0.231 e. The summed E-state index contributed by atoms with van der Waals surface area (Å²) in [5, 5.41) is 0. The zero-order valence-corrected chi connectivity index (χ0v) is 12.0. The molecule has 0 aromatic heterocycles. The predicted molar refractivity (Wildman–Crippen MR) is 80.2 cm³/mol. The smallest absolute Gasteiger partial charge is 0.231 e. The van der Waals surface area contributed by atoms with E-state index in [1.165, 1.54) is 0 Å². The molecule has 3 rings (SSSR count). The van der Waals surface area contributed by atoms with Crippen LogP contribution in [0, 0.1) is 0 Å². The van der Waals surface area contributed by atoms with E-state index in [1.54, 1.807) is 0 Å². The summed E-state index contributed by atoms with van der Waals surface area (Å²) in [4.78, 5) is 0. The molecule has 0 aliphatic carbocycles. The lowest BCUT2D eigenvalue weighted by molar-refractivity contribution is 0.0258. The molecular weight excluding hydrogens is 266 g/mol. The van der Waals surface area contributed by atoms with Crippen molar-refractivity contribution in [1.29, 1.82) is 0 Å². The van der Waals surface area contributed by atoms with Crippen molar-refractivity contribution in [2.45, 2.75) is 25.7 Å². The normalized spacial score (nSPS) is 15.7. The topological polar surface area (TPSA) is 53.7 Å². The number of hydrogen-bond acceptors (Lipinski definition) is 4. The van der Waals surface area contributed by atoms with Gasteiger partial charge in [-0.15, -0.1) is 0 Å². The van der Waals surface area contributed by atoms with Crippen LogP contribution in [-0.2, 0) is 11.3 Å². The van der Waals surface area contributed by atoms with Crippen LogP contribution in [0.3, 0.4) is 0 Å². The van der Waals surface area contributed by atoms with Crippen LogP contribution in [0.15, 0.2) is 48.5 Å². The highest BCUT2D eigenvalue weighted by molar-refractivity contribution is 5.44. The summed E-state index contributed by atoms with van der Waals surface area (Å²) in [5.41, 5.74) is 8.19. The average molecular weight is 285 g/mol. The molecule has 2 aromatic rings. The minimum atomic E-state index is -0.128. The van der Waals surface area contributed by atoms with Crippen LogP contribution < -0.4 is 15.2 Å². The molecule has 2 unspecified atom stereocenters. The van der Waals surface area contributed by atoms with Gasteiger partial charge in [0.1, 0.15) is 0 Å². The minimum absolute atomic E-state index is 0.0820. The molecule has 2 N–H and O–H groups in total. The van der Waals surface area contributed by atoms with E-state index in [-0.39, 0.29) is 18.9 Å². The van der Waals surface area contributed by atoms with Gasteiger partial charge in [-0.1, -0.05) is 36.4 Å². The van der Waals surface area contributed by atoms with Crippen LogP contribution in [0.1, 0.15) is 24.2 Å². The Hall–Kier alpha value is -2.04. The van der Waals surface area contributed by atoms with Gasteiger partial charge in [0.05, 0.1) is 12.7 Å². The molecule has 0 saturated heterocycles. The molecule has 110 valence electrons. The van der Waals surface area contributed by atoms with Crippen LogP contribution in [0.4, 0.5) is 0 Å². The molecular formula is C17H19NO3. The van der Waals surface area contributed by atoms with Crippen molar-refractivity contribution in [3.8, 4) is 11.5 Å². The largest absolute Gasteiger partial charge is 0.454 e. The Morgan fingerprint density at radius 3 is 2.62 bits per heavy atom. The molecule has 4 heteroatoms. The Morgan fingerprint density at radius 2 is 1.86 bits per heavy atom. The molecule has 0 radical (unpaired) electrons. The number of nitrogens with two attached hydrogens (primary N) is 1. The van der Waals surface area contributed by atoms with Gasteiger partial charge in [-0.3, -0.25) is 0 Å². The predicted octanol–water partition coefficient (Wildman–Crippen LogP) is 3.02. The van der Waals surface area contributed by atoms with E-state index in [4.69, 9.17) is 19.9 Å².